The fraction of sp³-hybridized carbons (Fsp3) is 0.346. The lowest BCUT2D eigenvalue weighted by Gasteiger charge is -2.26. The number of benzene rings is 2. The smallest absolute Gasteiger partial charge is 0.435 e. The molecule has 0 unspecified atom stereocenters. The summed E-state index contributed by atoms with van der Waals surface area (Å²) in [6, 6.07) is 15.3. The van der Waals surface area contributed by atoms with Gasteiger partial charge in [0.2, 0.25) is 11.8 Å². The van der Waals surface area contributed by atoms with Crippen LogP contribution in [-0.2, 0) is 30.3 Å². The number of carbonyl (C=O) groups is 3. The third kappa shape index (κ3) is 7.36. The number of nitrogens with zero attached hydrogens (tertiary/aromatic N) is 1. The first-order valence-corrected chi connectivity index (χ1v) is 11.2. The number of hydrogen-bond acceptors (Lipinski definition) is 6. The average molecular weight is 465 g/mol. The van der Waals surface area contributed by atoms with E-state index in [1.54, 1.807) is 11.8 Å². The van der Waals surface area contributed by atoms with Crippen molar-refractivity contribution < 1.29 is 28.6 Å². The van der Waals surface area contributed by atoms with Gasteiger partial charge in [-0.3, -0.25) is 9.59 Å². The van der Waals surface area contributed by atoms with E-state index >= 15 is 0 Å². The monoisotopic (exact) mass is 464 g/mol. The first-order chi connectivity index (χ1) is 16.6. The second-order valence-electron chi connectivity index (χ2n) is 7.40. The second kappa shape index (κ2) is 13.0. The van der Waals surface area contributed by atoms with E-state index in [4.69, 9.17) is 9.47 Å². The summed E-state index contributed by atoms with van der Waals surface area (Å²) < 4.78 is 14.7. The van der Waals surface area contributed by atoms with E-state index in [1.165, 1.54) is 0 Å². The van der Waals surface area contributed by atoms with Crippen LogP contribution in [0, 0.1) is 11.8 Å². The zero-order valence-corrected chi connectivity index (χ0v) is 19.2. The maximum Gasteiger partial charge on any atom is 0.508 e. The van der Waals surface area contributed by atoms with Gasteiger partial charge in [-0.2, -0.15) is 0 Å². The highest BCUT2D eigenvalue weighted by molar-refractivity contribution is 5.96. The zero-order chi connectivity index (χ0) is 24.2. The number of hydrogen-bond donors (Lipinski definition) is 1. The Morgan fingerprint density at radius 2 is 1.65 bits per heavy atom. The number of ether oxygens (including phenoxy) is 3. The lowest BCUT2D eigenvalue weighted by Crippen LogP contribution is -2.34. The molecule has 2 aromatic carbocycles. The summed E-state index contributed by atoms with van der Waals surface area (Å²) in [7, 11) is 0. The van der Waals surface area contributed by atoms with Crippen molar-refractivity contribution in [3.63, 3.8) is 0 Å². The molecule has 0 aromatic heterocycles. The molecule has 1 N–H and O–H groups in total. The van der Waals surface area contributed by atoms with Gasteiger partial charge in [-0.05, 0) is 30.7 Å². The first kappa shape index (κ1) is 24.8. The van der Waals surface area contributed by atoms with Gasteiger partial charge in [-0.25, -0.2) is 4.79 Å². The van der Waals surface area contributed by atoms with Crippen molar-refractivity contribution in [1.82, 2.24) is 5.32 Å². The number of amides is 2. The van der Waals surface area contributed by atoms with Crippen molar-refractivity contribution in [3.8, 4) is 11.8 Å². The molecule has 1 aliphatic heterocycles. The lowest BCUT2D eigenvalue weighted by molar-refractivity contribution is -0.125. The number of fused-ring (bicyclic) bond motifs is 2. The largest absolute Gasteiger partial charge is 0.508 e. The molecule has 0 atom stereocenters. The van der Waals surface area contributed by atoms with E-state index in [9.17, 15) is 14.4 Å². The van der Waals surface area contributed by atoms with Crippen LogP contribution in [0.4, 0.5) is 10.5 Å². The van der Waals surface area contributed by atoms with E-state index in [0.29, 0.717) is 13.1 Å². The third-order valence-corrected chi connectivity index (χ3v) is 5.02. The van der Waals surface area contributed by atoms with Crippen LogP contribution in [0.1, 0.15) is 36.5 Å². The summed E-state index contributed by atoms with van der Waals surface area (Å²) in [4.78, 5) is 38.0. The Kier molecular flexibility index (Phi) is 9.50. The van der Waals surface area contributed by atoms with Crippen molar-refractivity contribution in [2.45, 2.75) is 26.3 Å². The molecule has 3 rings (SSSR count). The normalized spacial score (nSPS) is 11.6. The van der Waals surface area contributed by atoms with Crippen molar-refractivity contribution in [1.29, 1.82) is 0 Å². The molecule has 1 aliphatic rings. The minimum Gasteiger partial charge on any atom is -0.435 e. The SMILES string of the molecule is CCOC(=O)OCCOCCNC(=O)CCC(=O)N1Cc2ccccc2C#Cc2ccccc21. The molecule has 0 spiro atoms. The molecule has 0 radical (unpaired) electrons. The number of nitrogens with one attached hydrogen (secondary N) is 1. The molecule has 0 aliphatic carbocycles. The van der Waals surface area contributed by atoms with Crippen molar-refractivity contribution in [2.24, 2.45) is 0 Å². The van der Waals surface area contributed by atoms with Gasteiger partial charge >= 0.3 is 6.16 Å². The molecule has 2 aromatic rings. The van der Waals surface area contributed by atoms with Crippen molar-refractivity contribution >= 4 is 23.7 Å². The topological polar surface area (TPSA) is 94.2 Å². The Labute approximate surface area is 199 Å². The van der Waals surface area contributed by atoms with Gasteiger partial charge < -0.3 is 24.4 Å². The molecule has 0 bridgehead atoms. The zero-order valence-electron chi connectivity index (χ0n) is 19.2. The van der Waals surface area contributed by atoms with Crippen LogP contribution >= 0.6 is 0 Å². The fourth-order valence-corrected chi connectivity index (χ4v) is 3.36. The number of anilines is 1. The van der Waals surface area contributed by atoms with Crippen LogP contribution in [0.25, 0.3) is 0 Å². The fourth-order valence-electron chi connectivity index (χ4n) is 3.36. The van der Waals surface area contributed by atoms with Crippen LogP contribution < -0.4 is 10.2 Å². The summed E-state index contributed by atoms with van der Waals surface area (Å²) in [6.45, 7) is 3.17. The molecule has 2 amide bonds. The van der Waals surface area contributed by atoms with E-state index in [1.807, 2.05) is 48.5 Å². The predicted molar refractivity (Wildman–Crippen MR) is 126 cm³/mol. The summed E-state index contributed by atoms with van der Waals surface area (Å²) >= 11 is 0. The standard InChI is InChI=1S/C26H28N2O6/c1-2-33-26(31)34-18-17-32-16-15-27-24(29)13-14-25(30)28-19-22-9-4-3-7-20(22)11-12-21-8-5-6-10-23(21)28/h3-10H,2,13-19H2,1H3,(H,27,29). The Morgan fingerprint density at radius 1 is 0.912 bits per heavy atom. The number of carbonyl (C=O) groups excluding carboxylic acids is 3. The minimum atomic E-state index is -0.734. The predicted octanol–water partition coefficient (Wildman–Crippen LogP) is 3.02. The highest BCUT2D eigenvalue weighted by Gasteiger charge is 2.21. The Hall–Kier alpha value is -3.83. The Morgan fingerprint density at radius 3 is 2.47 bits per heavy atom. The lowest BCUT2D eigenvalue weighted by atomic mass is 10.0. The molecule has 1 heterocycles. The van der Waals surface area contributed by atoms with Crippen LogP contribution in [0.5, 0.6) is 0 Å². The highest BCUT2D eigenvalue weighted by atomic mass is 16.7. The first-order valence-electron chi connectivity index (χ1n) is 11.2. The highest BCUT2D eigenvalue weighted by Crippen LogP contribution is 2.26. The van der Waals surface area contributed by atoms with Gasteiger partial charge in [0.1, 0.15) is 6.61 Å². The average Bonchev–Trinajstić information content (AvgIpc) is 2.83. The van der Waals surface area contributed by atoms with E-state index in [2.05, 4.69) is 21.9 Å². The minimum absolute atomic E-state index is 0.0663. The van der Waals surface area contributed by atoms with Crippen molar-refractivity contribution in [2.75, 3.05) is 37.9 Å². The third-order valence-electron chi connectivity index (χ3n) is 5.02. The van der Waals surface area contributed by atoms with Gasteiger partial charge in [-0.1, -0.05) is 42.2 Å². The molecule has 0 saturated heterocycles. The molecule has 0 saturated carbocycles. The molecule has 8 heteroatoms. The van der Waals surface area contributed by atoms with Crippen LogP contribution in [0.3, 0.4) is 0 Å². The Balaban J connectivity index is 1.46. The number of para-hydroxylation sites is 1. The number of rotatable bonds is 10. The molecule has 0 fully saturated rings. The van der Waals surface area contributed by atoms with Gasteiger partial charge in [-0.15, -0.1) is 0 Å². The van der Waals surface area contributed by atoms with E-state index in [-0.39, 0.29) is 51.1 Å². The Bertz CT molecular complexity index is 1070. The molecular formula is C26H28N2O6. The molecular weight excluding hydrogens is 436 g/mol. The molecule has 34 heavy (non-hydrogen) atoms. The maximum absolute atomic E-state index is 13.1. The van der Waals surface area contributed by atoms with Crippen molar-refractivity contribution in [3.05, 3.63) is 65.2 Å². The summed E-state index contributed by atoms with van der Waals surface area (Å²) in [5.41, 5.74) is 3.37. The van der Waals surface area contributed by atoms with Gasteiger partial charge in [0.25, 0.3) is 0 Å². The summed E-state index contributed by atoms with van der Waals surface area (Å²) in [5.74, 6) is 5.97. The summed E-state index contributed by atoms with van der Waals surface area (Å²) in [5, 5.41) is 2.73. The van der Waals surface area contributed by atoms with E-state index < -0.39 is 6.16 Å². The quantitative estimate of drug-likeness (QED) is 0.330. The summed E-state index contributed by atoms with van der Waals surface area (Å²) in [6.07, 6.45) is -0.594. The van der Waals surface area contributed by atoms with Gasteiger partial charge in [0.15, 0.2) is 0 Å². The maximum atomic E-state index is 13.1. The molecule has 178 valence electrons. The van der Waals surface area contributed by atoms with E-state index in [0.717, 1.165) is 22.4 Å². The van der Waals surface area contributed by atoms with Crippen LogP contribution in [0.2, 0.25) is 0 Å². The van der Waals surface area contributed by atoms with Gasteiger partial charge in [0.05, 0.1) is 32.1 Å². The molecule has 8 nitrogen and oxygen atoms in total. The van der Waals surface area contributed by atoms with Crippen LogP contribution in [0.15, 0.2) is 48.5 Å². The van der Waals surface area contributed by atoms with Gasteiger partial charge in [0, 0.05) is 30.5 Å². The van der Waals surface area contributed by atoms with Crippen LogP contribution in [-0.4, -0.2) is 50.9 Å². The second-order valence-corrected chi connectivity index (χ2v) is 7.40.